The highest BCUT2D eigenvalue weighted by molar-refractivity contribution is 5.85. The molecule has 0 spiro atoms. The van der Waals surface area contributed by atoms with E-state index in [2.05, 4.69) is 41.4 Å². The fraction of sp³-hybridized carbons (Fsp3) is 0.600. The maximum Gasteiger partial charge on any atom is 0.142 e. The van der Waals surface area contributed by atoms with Crippen LogP contribution >= 0.6 is 12.4 Å². The van der Waals surface area contributed by atoms with Gasteiger partial charge in [0.1, 0.15) is 12.4 Å². The van der Waals surface area contributed by atoms with Crippen molar-refractivity contribution in [1.29, 1.82) is 0 Å². The van der Waals surface area contributed by atoms with Crippen LogP contribution in [0.1, 0.15) is 19.8 Å². The second kappa shape index (κ2) is 6.49. The third-order valence-corrected chi connectivity index (χ3v) is 4.10. The number of halogens is 1. The quantitative estimate of drug-likeness (QED) is 0.903. The number of hydrogen-bond acceptors (Lipinski definition) is 3. The average molecular weight is 283 g/mol. The van der Waals surface area contributed by atoms with Gasteiger partial charge in [0.2, 0.25) is 0 Å². The summed E-state index contributed by atoms with van der Waals surface area (Å²) in [5.41, 5.74) is 1.27. The van der Waals surface area contributed by atoms with Crippen molar-refractivity contribution in [2.45, 2.75) is 25.8 Å². The van der Waals surface area contributed by atoms with E-state index in [1.807, 2.05) is 0 Å². The third kappa shape index (κ3) is 3.15. The Bertz CT molecular complexity index is 407. The smallest absolute Gasteiger partial charge is 0.142 e. The summed E-state index contributed by atoms with van der Waals surface area (Å²) in [7, 11) is 0. The fourth-order valence-corrected chi connectivity index (χ4v) is 2.98. The summed E-state index contributed by atoms with van der Waals surface area (Å²) in [6, 6.07) is 8.91. The average Bonchev–Trinajstić information content (AvgIpc) is 2.43. The molecule has 3 rings (SSSR count). The van der Waals surface area contributed by atoms with E-state index in [1.54, 1.807) is 0 Å². The van der Waals surface area contributed by atoms with Gasteiger partial charge >= 0.3 is 0 Å². The molecule has 0 aliphatic carbocycles. The van der Waals surface area contributed by atoms with Crippen LogP contribution in [0, 0.1) is 5.92 Å². The van der Waals surface area contributed by atoms with E-state index >= 15 is 0 Å². The van der Waals surface area contributed by atoms with Crippen LogP contribution in [0.25, 0.3) is 0 Å². The lowest BCUT2D eigenvalue weighted by atomic mass is 9.96. The molecule has 0 aromatic heterocycles. The highest BCUT2D eigenvalue weighted by Gasteiger charge is 2.26. The van der Waals surface area contributed by atoms with Crippen LogP contribution in [-0.4, -0.2) is 32.3 Å². The molecule has 2 aliphatic rings. The van der Waals surface area contributed by atoms with Crippen molar-refractivity contribution in [3.63, 3.8) is 0 Å². The largest absolute Gasteiger partial charge is 0.489 e. The molecule has 1 unspecified atom stereocenters. The predicted octanol–water partition coefficient (Wildman–Crippen LogP) is 2.70. The van der Waals surface area contributed by atoms with Crippen LogP contribution in [0.15, 0.2) is 24.3 Å². The van der Waals surface area contributed by atoms with E-state index in [1.165, 1.54) is 38.2 Å². The number of nitrogens with one attached hydrogen (secondary N) is 1. The van der Waals surface area contributed by atoms with Gasteiger partial charge in [-0.2, -0.15) is 0 Å². The molecule has 106 valence electrons. The van der Waals surface area contributed by atoms with Gasteiger partial charge in [0.05, 0.1) is 11.7 Å². The summed E-state index contributed by atoms with van der Waals surface area (Å²) < 4.78 is 5.80. The maximum atomic E-state index is 5.80. The Morgan fingerprint density at radius 3 is 2.79 bits per heavy atom. The molecule has 1 saturated heterocycles. The van der Waals surface area contributed by atoms with Crippen molar-refractivity contribution in [1.82, 2.24) is 5.32 Å². The Kier molecular flexibility index (Phi) is 4.94. The molecule has 1 N–H and O–H groups in total. The molecule has 1 aromatic carbocycles. The molecule has 2 aliphatic heterocycles. The second-order valence-electron chi connectivity index (χ2n) is 5.47. The summed E-state index contributed by atoms with van der Waals surface area (Å²) in [5, 5.41) is 3.44. The van der Waals surface area contributed by atoms with E-state index in [0.717, 1.165) is 18.3 Å². The van der Waals surface area contributed by atoms with Crippen LogP contribution in [-0.2, 0) is 0 Å². The summed E-state index contributed by atoms with van der Waals surface area (Å²) >= 11 is 0. The molecule has 4 heteroatoms. The van der Waals surface area contributed by atoms with Gasteiger partial charge in [-0.15, -0.1) is 12.4 Å². The number of benzene rings is 1. The van der Waals surface area contributed by atoms with Crippen molar-refractivity contribution in [3.05, 3.63) is 24.3 Å². The number of hydrogen-bond donors (Lipinski definition) is 1. The third-order valence-electron chi connectivity index (χ3n) is 4.10. The Morgan fingerprint density at radius 2 is 2.00 bits per heavy atom. The summed E-state index contributed by atoms with van der Waals surface area (Å²) in [6.45, 7) is 6.58. The Labute approximate surface area is 121 Å². The molecular formula is C15H23ClN2O. The molecule has 0 radical (unpaired) electrons. The fourth-order valence-electron chi connectivity index (χ4n) is 2.98. The van der Waals surface area contributed by atoms with Crippen LogP contribution < -0.4 is 15.0 Å². The molecule has 2 heterocycles. The zero-order valence-corrected chi connectivity index (χ0v) is 12.3. The van der Waals surface area contributed by atoms with Crippen molar-refractivity contribution in [2.24, 2.45) is 5.92 Å². The zero-order chi connectivity index (χ0) is 12.4. The predicted molar refractivity (Wildman–Crippen MR) is 81.6 cm³/mol. The minimum atomic E-state index is 0. The van der Waals surface area contributed by atoms with Crippen LogP contribution in [0.4, 0.5) is 5.69 Å². The summed E-state index contributed by atoms with van der Waals surface area (Å²) in [4.78, 5) is 2.54. The highest BCUT2D eigenvalue weighted by atomic mass is 35.5. The number of piperidine rings is 1. The zero-order valence-electron chi connectivity index (χ0n) is 11.5. The normalized spacial score (nSPS) is 23.2. The van der Waals surface area contributed by atoms with Gasteiger partial charge in [-0.05, 0) is 50.9 Å². The molecule has 19 heavy (non-hydrogen) atoms. The van der Waals surface area contributed by atoms with Gasteiger partial charge in [0.25, 0.3) is 0 Å². The maximum absolute atomic E-state index is 5.80. The van der Waals surface area contributed by atoms with Crippen LogP contribution in [0.2, 0.25) is 0 Å². The van der Waals surface area contributed by atoms with Crippen LogP contribution in [0.3, 0.4) is 0 Å². The summed E-state index contributed by atoms with van der Waals surface area (Å²) in [5.74, 6) is 1.87. The van der Waals surface area contributed by atoms with Gasteiger partial charge < -0.3 is 15.0 Å². The molecule has 0 bridgehead atoms. The van der Waals surface area contributed by atoms with E-state index in [-0.39, 0.29) is 12.4 Å². The number of anilines is 1. The number of nitrogens with zero attached hydrogens (tertiary/aromatic N) is 1. The van der Waals surface area contributed by atoms with Crippen molar-refractivity contribution >= 4 is 18.1 Å². The van der Waals surface area contributed by atoms with Gasteiger partial charge in [-0.1, -0.05) is 12.1 Å². The number of ether oxygens (including phenoxy) is 1. The molecule has 3 nitrogen and oxygen atoms in total. The van der Waals surface area contributed by atoms with Gasteiger partial charge in [-0.3, -0.25) is 0 Å². The Morgan fingerprint density at radius 1 is 1.26 bits per heavy atom. The first kappa shape index (κ1) is 14.5. The molecule has 0 saturated carbocycles. The molecule has 1 fully saturated rings. The monoisotopic (exact) mass is 282 g/mol. The molecule has 1 aromatic rings. The second-order valence-corrected chi connectivity index (χ2v) is 5.47. The van der Waals surface area contributed by atoms with Crippen molar-refractivity contribution < 1.29 is 4.74 Å². The topological polar surface area (TPSA) is 24.5 Å². The van der Waals surface area contributed by atoms with E-state index in [0.29, 0.717) is 6.04 Å². The van der Waals surface area contributed by atoms with E-state index in [4.69, 9.17) is 4.74 Å². The van der Waals surface area contributed by atoms with Gasteiger partial charge in [0.15, 0.2) is 0 Å². The van der Waals surface area contributed by atoms with Crippen LogP contribution in [0.5, 0.6) is 5.75 Å². The van der Waals surface area contributed by atoms with Crippen molar-refractivity contribution in [3.8, 4) is 5.75 Å². The molecule has 1 atom stereocenters. The summed E-state index contributed by atoms with van der Waals surface area (Å²) in [6.07, 6.45) is 2.60. The van der Waals surface area contributed by atoms with E-state index in [9.17, 15) is 0 Å². The standard InChI is InChI=1S/C15H22N2O.ClH/c1-12-11-18-15-5-3-2-4-14(15)17(12)10-13-6-8-16-9-7-13;/h2-5,12-13,16H,6-11H2,1H3;1H. The van der Waals surface area contributed by atoms with Gasteiger partial charge in [-0.25, -0.2) is 0 Å². The minimum absolute atomic E-state index is 0. The number of fused-ring (bicyclic) bond motifs is 1. The van der Waals surface area contributed by atoms with E-state index < -0.39 is 0 Å². The SMILES string of the molecule is CC1COc2ccccc2N1CC1CCNCC1.Cl. The minimum Gasteiger partial charge on any atom is -0.489 e. The lowest BCUT2D eigenvalue weighted by Gasteiger charge is -2.39. The molecule has 0 amide bonds. The molecular weight excluding hydrogens is 260 g/mol. The van der Waals surface area contributed by atoms with Crippen molar-refractivity contribution in [2.75, 3.05) is 31.1 Å². The first-order valence-electron chi connectivity index (χ1n) is 7.04. The first-order chi connectivity index (χ1) is 8.84. The first-order valence-corrected chi connectivity index (χ1v) is 7.04. The Hall–Kier alpha value is -0.930. The Balaban J connectivity index is 0.00000133. The lowest BCUT2D eigenvalue weighted by molar-refractivity contribution is 0.258. The lowest BCUT2D eigenvalue weighted by Crippen LogP contribution is -2.45. The highest BCUT2D eigenvalue weighted by Crippen LogP contribution is 2.34. The number of rotatable bonds is 2. The van der Waals surface area contributed by atoms with Gasteiger partial charge in [0, 0.05) is 6.54 Å². The number of para-hydroxylation sites is 2.